The Labute approximate surface area is 210 Å². The van der Waals surface area contributed by atoms with Crippen molar-refractivity contribution in [2.24, 2.45) is 0 Å². The molecule has 3 unspecified atom stereocenters. The molecule has 0 aliphatic carbocycles. The van der Waals surface area contributed by atoms with Gasteiger partial charge < -0.3 is 10.4 Å². The van der Waals surface area contributed by atoms with Gasteiger partial charge in [0.05, 0.1) is 12.2 Å². The molecular formula is C26H37ClN2O4S. The van der Waals surface area contributed by atoms with Crippen LogP contribution in [0.2, 0.25) is 0 Å². The van der Waals surface area contributed by atoms with Crippen molar-refractivity contribution in [2.45, 2.75) is 69.9 Å². The lowest BCUT2D eigenvalue weighted by atomic mass is 9.81. The van der Waals surface area contributed by atoms with Crippen molar-refractivity contribution in [3.05, 3.63) is 59.7 Å². The number of carboxylic acid groups (broad SMARTS) is 1. The number of halogens is 1. The third-order valence-corrected chi connectivity index (χ3v) is 7.14. The number of unbranched alkanes of at least 4 members (excludes halogenated alkanes) is 2. The minimum absolute atomic E-state index is 0. The Kier molecular flexibility index (Phi) is 11.0. The molecule has 1 saturated heterocycles. The Bertz CT molecular complexity index is 1030. The van der Waals surface area contributed by atoms with E-state index in [4.69, 9.17) is 0 Å². The summed E-state index contributed by atoms with van der Waals surface area (Å²) in [7, 11) is -3.34. The van der Waals surface area contributed by atoms with Gasteiger partial charge in [0, 0.05) is 12.1 Å². The van der Waals surface area contributed by atoms with Gasteiger partial charge in [-0.05, 0) is 54.5 Å². The Morgan fingerprint density at radius 2 is 1.88 bits per heavy atom. The molecule has 1 aliphatic heterocycles. The van der Waals surface area contributed by atoms with Gasteiger partial charge in [0.2, 0.25) is 10.0 Å². The van der Waals surface area contributed by atoms with E-state index in [1.165, 1.54) is 6.26 Å². The summed E-state index contributed by atoms with van der Waals surface area (Å²) in [5.74, 6) is -1.41. The van der Waals surface area contributed by atoms with Gasteiger partial charge in [0.15, 0.2) is 0 Å². The first-order valence-corrected chi connectivity index (χ1v) is 13.8. The quantitative estimate of drug-likeness (QED) is 0.381. The van der Waals surface area contributed by atoms with E-state index in [0.29, 0.717) is 12.8 Å². The third kappa shape index (κ3) is 7.80. The van der Waals surface area contributed by atoms with E-state index in [9.17, 15) is 18.3 Å². The van der Waals surface area contributed by atoms with E-state index in [2.05, 4.69) is 17.0 Å². The summed E-state index contributed by atoms with van der Waals surface area (Å²) in [6, 6.07) is 15.6. The Hall–Kier alpha value is -1.93. The van der Waals surface area contributed by atoms with Crippen molar-refractivity contribution < 1.29 is 18.3 Å². The molecule has 34 heavy (non-hydrogen) atoms. The van der Waals surface area contributed by atoms with Crippen LogP contribution in [0.5, 0.6) is 0 Å². The average Bonchev–Trinajstić information content (AvgIpc) is 2.78. The van der Waals surface area contributed by atoms with Crippen LogP contribution in [0.1, 0.15) is 62.5 Å². The van der Waals surface area contributed by atoms with Gasteiger partial charge in [0.25, 0.3) is 0 Å². The largest absolute Gasteiger partial charge is 0.481 e. The summed E-state index contributed by atoms with van der Waals surface area (Å²) in [6.45, 7) is 2.93. The number of carbonyl (C=O) groups is 1. The molecule has 2 aromatic carbocycles. The predicted octanol–water partition coefficient (Wildman–Crippen LogP) is 4.74. The molecule has 1 heterocycles. The molecule has 1 aliphatic rings. The topological polar surface area (TPSA) is 95.5 Å². The van der Waals surface area contributed by atoms with Gasteiger partial charge in [-0.25, -0.2) is 13.1 Å². The van der Waals surface area contributed by atoms with Gasteiger partial charge in [0.1, 0.15) is 0 Å². The first-order valence-electron chi connectivity index (χ1n) is 11.9. The second kappa shape index (κ2) is 13.2. The van der Waals surface area contributed by atoms with E-state index >= 15 is 0 Å². The van der Waals surface area contributed by atoms with Crippen LogP contribution in [0.25, 0.3) is 11.1 Å². The van der Waals surface area contributed by atoms with Gasteiger partial charge in [-0.1, -0.05) is 74.7 Å². The maximum atomic E-state index is 12.5. The van der Waals surface area contributed by atoms with Gasteiger partial charge in [-0.3, -0.25) is 4.79 Å². The molecule has 2 aromatic rings. The number of aliphatic carboxylic acids is 1. The lowest BCUT2D eigenvalue weighted by Crippen LogP contribution is -2.54. The summed E-state index contributed by atoms with van der Waals surface area (Å²) >= 11 is 0. The zero-order chi connectivity index (χ0) is 23.8. The standard InChI is InChI=1S/C26H36N2O4S.ClH/c1-3-4-6-14-22(26(29)30)25-20(13-9-15-21(25)19-11-7-5-8-12-19)18-24-23(16-10-17-27-24)28-33(2,31)32;/h5,7-9,11-13,15,22-24,27-28H,3-4,6,10,14,16-18H2,1-2H3,(H,29,30);1H. The molecule has 188 valence electrons. The Morgan fingerprint density at radius 1 is 1.15 bits per heavy atom. The second-order valence-electron chi connectivity index (χ2n) is 9.03. The molecule has 0 saturated carbocycles. The predicted molar refractivity (Wildman–Crippen MR) is 140 cm³/mol. The van der Waals surface area contributed by atoms with Crippen molar-refractivity contribution in [1.29, 1.82) is 0 Å². The normalized spacial score (nSPS) is 19.2. The van der Waals surface area contributed by atoms with Gasteiger partial charge >= 0.3 is 5.97 Å². The molecule has 0 bridgehead atoms. The van der Waals surface area contributed by atoms with Crippen LogP contribution in [-0.2, 0) is 21.2 Å². The fraction of sp³-hybridized carbons (Fsp3) is 0.500. The fourth-order valence-corrected chi connectivity index (χ4v) is 5.71. The summed E-state index contributed by atoms with van der Waals surface area (Å²) in [5.41, 5.74) is 3.77. The van der Waals surface area contributed by atoms with E-state index in [0.717, 1.165) is 60.9 Å². The SMILES string of the molecule is CCCCCC(C(=O)O)c1c(CC2NCCCC2NS(C)(=O)=O)cccc1-c1ccccc1.Cl. The van der Waals surface area contributed by atoms with Crippen LogP contribution in [0.3, 0.4) is 0 Å². The van der Waals surface area contributed by atoms with Crippen molar-refractivity contribution in [3.8, 4) is 11.1 Å². The van der Waals surface area contributed by atoms with Crippen LogP contribution in [0.4, 0.5) is 0 Å². The number of hydrogen-bond donors (Lipinski definition) is 3. The highest BCUT2D eigenvalue weighted by atomic mass is 35.5. The highest BCUT2D eigenvalue weighted by molar-refractivity contribution is 7.88. The van der Waals surface area contributed by atoms with Gasteiger partial charge in [-0.15, -0.1) is 12.4 Å². The molecule has 1 fully saturated rings. The minimum atomic E-state index is -3.34. The summed E-state index contributed by atoms with van der Waals surface area (Å²) in [5, 5.41) is 13.7. The van der Waals surface area contributed by atoms with Crippen LogP contribution in [-0.4, -0.2) is 44.4 Å². The Morgan fingerprint density at radius 3 is 2.53 bits per heavy atom. The number of nitrogens with one attached hydrogen (secondary N) is 2. The highest BCUT2D eigenvalue weighted by Gasteiger charge is 2.31. The lowest BCUT2D eigenvalue weighted by molar-refractivity contribution is -0.139. The Balaban J connectivity index is 0.00000408. The summed E-state index contributed by atoms with van der Waals surface area (Å²) < 4.78 is 26.6. The number of benzene rings is 2. The number of hydrogen-bond acceptors (Lipinski definition) is 4. The van der Waals surface area contributed by atoms with Crippen molar-refractivity contribution in [2.75, 3.05) is 12.8 Å². The van der Waals surface area contributed by atoms with E-state index < -0.39 is 21.9 Å². The van der Waals surface area contributed by atoms with Crippen LogP contribution in [0.15, 0.2) is 48.5 Å². The van der Waals surface area contributed by atoms with Crippen LogP contribution in [0, 0.1) is 0 Å². The number of carboxylic acids is 1. The van der Waals surface area contributed by atoms with Crippen LogP contribution < -0.4 is 10.0 Å². The number of rotatable bonds is 11. The van der Waals surface area contributed by atoms with Crippen LogP contribution >= 0.6 is 12.4 Å². The monoisotopic (exact) mass is 508 g/mol. The van der Waals surface area contributed by atoms with E-state index in [1.54, 1.807) is 0 Å². The molecule has 0 amide bonds. The van der Waals surface area contributed by atoms with E-state index in [1.807, 2.05) is 48.5 Å². The smallest absolute Gasteiger partial charge is 0.311 e. The van der Waals surface area contributed by atoms with E-state index in [-0.39, 0.29) is 24.5 Å². The first kappa shape index (κ1) is 28.3. The van der Waals surface area contributed by atoms with Gasteiger partial charge in [-0.2, -0.15) is 0 Å². The molecule has 3 N–H and O–H groups in total. The first-order chi connectivity index (χ1) is 15.8. The molecule has 3 atom stereocenters. The zero-order valence-electron chi connectivity index (χ0n) is 20.0. The second-order valence-corrected chi connectivity index (χ2v) is 10.8. The van der Waals surface area contributed by atoms with Crippen molar-refractivity contribution >= 4 is 28.4 Å². The van der Waals surface area contributed by atoms with Crippen molar-refractivity contribution in [3.63, 3.8) is 0 Å². The number of piperidine rings is 1. The molecule has 0 aromatic heterocycles. The highest BCUT2D eigenvalue weighted by Crippen LogP contribution is 2.36. The summed E-state index contributed by atoms with van der Waals surface area (Å²) in [4.78, 5) is 12.5. The average molecular weight is 509 g/mol. The maximum Gasteiger partial charge on any atom is 0.311 e. The molecule has 8 heteroatoms. The van der Waals surface area contributed by atoms with Crippen molar-refractivity contribution in [1.82, 2.24) is 10.0 Å². The zero-order valence-corrected chi connectivity index (χ0v) is 21.6. The number of sulfonamides is 1. The fourth-order valence-electron chi connectivity index (χ4n) is 4.88. The lowest BCUT2D eigenvalue weighted by Gasteiger charge is -2.34. The third-order valence-electron chi connectivity index (χ3n) is 6.41. The molecule has 0 radical (unpaired) electrons. The minimum Gasteiger partial charge on any atom is -0.481 e. The molecule has 3 rings (SSSR count). The summed E-state index contributed by atoms with van der Waals surface area (Å²) in [6.07, 6.45) is 6.89. The molecule has 6 nitrogen and oxygen atoms in total. The molecule has 0 spiro atoms. The molecular weight excluding hydrogens is 472 g/mol. The maximum absolute atomic E-state index is 12.5.